The molecular formula is C31H43NO4S. The van der Waals surface area contributed by atoms with E-state index in [1.165, 1.54) is 18.2 Å². The number of phenols is 1. The molecule has 0 radical (unpaired) electrons. The van der Waals surface area contributed by atoms with Crippen LogP contribution in [0.3, 0.4) is 0 Å². The second-order valence-electron chi connectivity index (χ2n) is 8.54. The zero-order chi connectivity index (χ0) is 27.4. The number of carboxylic acids is 1. The van der Waals surface area contributed by atoms with Crippen molar-refractivity contribution < 1.29 is 19.8 Å². The summed E-state index contributed by atoms with van der Waals surface area (Å²) in [7, 11) is 0. The lowest BCUT2D eigenvalue weighted by Crippen LogP contribution is -2.39. The van der Waals surface area contributed by atoms with E-state index in [9.17, 15) is 19.8 Å². The standard InChI is InChI=1S/C31H43NO4S/c1-4-7-8-9-10-11-12-13-14-15-16-17-18-19-20-21-24-37-31(5-2,6-3)30(36)32-26-22-23-28(33)27(25-26)29(34)35/h7-8,10-11,13-14,16-17,19-20,22-23,25,33H,4-6,9,12,15,18,21,24H2,1-3H3,(H,32,36)(H,34,35)/b8-7-,11-10-,14-13-,17-16-,20-19-. The summed E-state index contributed by atoms with van der Waals surface area (Å²) >= 11 is 1.63. The number of carboxylic acid groups (broad SMARTS) is 1. The van der Waals surface area contributed by atoms with Gasteiger partial charge in [-0.05, 0) is 75.3 Å². The van der Waals surface area contributed by atoms with Crippen molar-refractivity contribution in [1.82, 2.24) is 0 Å². The van der Waals surface area contributed by atoms with Crippen molar-refractivity contribution in [2.24, 2.45) is 0 Å². The molecule has 1 rings (SSSR count). The molecule has 0 aliphatic rings. The Kier molecular flexibility index (Phi) is 16.6. The molecule has 0 spiro atoms. The fourth-order valence-electron chi connectivity index (χ4n) is 3.56. The molecule has 0 bridgehead atoms. The van der Waals surface area contributed by atoms with E-state index in [1.807, 2.05) is 13.8 Å². The third-order valence-electron chi connectivity index (χ3n) is 5.86. The summed E-state index contributed by atoms with van der Waals surface area (Å²) in [4.78, 5) is 24.3. The lowest BCUT2D eigenvalue weighted by Gasteiger charge is -2.29. The van der Waals surface area contributed by atoms with E-state index < -0.39 is 10.7 Å². The summed E-state index contributed by atoms with van der Waals surface area (Å²) in [6.07, 6.45) is 28.9. The maximum Gasteiger partial charge on any atom is 0.339 e. The predicted octanol–water partition coefficient (Wildman–Crippen LogP) is 8.46. The quantitative estimate of drug-likeness (QED) is 0.102. The van der Waals surface area contributed by atoms with E-state index in [0.717, 1.165) is 44.3 Å². The molecular weight excluding hydrogens is 482 g/mol. The lowest BCUT2D eigenvalue weighted by atomic mass is 10.0. The summed E-state index contributed by atoms with van der Waals surface area (Å²) in [5, 5.41) is 21.7. The van der Waals surface area contributed by atoms with Gasteiger partial charge in [0, 0.05) is 5.69 Å². The first kappa shape index (κ1) is 32.0. The zero-order valence-electron chi connectivity index (χ0n) is 22.5. The maximum atomic E-state index is 13.1. The summed E-state index contributed by atoms with van der Waals surface area (Å²) < 4.78 is -0.594. The first-order valence-electron chi connectivity index (χ1n) is 13.2. The fraction of sp³-hybridized carbons (Fsp3) is 0.419. The third kappa shape index (κ3) is 12.7. The average molecular weight is 526 g/mol. The third-order valence-corrected chi connectivity index (χ3v) is 7.62. The number of carbonyl (C=O) groups excluding carboxylic acids is 1. The maximum absolute atomic E-state index is 13.1. The minimum atomic E-state index is -1.24. The highest BCUT2D eigenvalue weighted by Gasteiger charge is 2.35. The van der Waals surface area contributed by atoms with Gasteiger partial charge in [0.1, 0.15) is 11.3 Å². The minimum absolute atomic E-state index is 0.145. The van der Waals surface area contributed by atoms with Gasteiger partial charge in [0.2, 0.25) is 5.91 Å². The Labute approximate surface area is 227 Å². The first-order chi connectivity index (χ1) is 17.9. The number of carbonyl (C=O) groups is 2. The van der Waals surface area contributed by atoms with E-state index in [0.29, 0.717) is 18.5 Å². The Bertz CT molecular complexity index is 971. The number of thioether (sulfide) groups is 1. The van der Waals surface area contributed by atoms with Crippen molar-refractivity contribution in [3.63, 3.8) is 0 Å². The molecule has 1 amide bonds. The van der Waals surface area contributed by atoms with Gasteiger partial charge in [-0.15, -0.1) is 11.8 Å². The van der Waals surface area contributed by atoms with Crippen LogP contribution in [0.2, 0.25) is 0 Å². The van der Waals surface area contributed by atoms with Crippen LogP contribution in [-0.4, -0.2) is 32.6 Å². The van der Waals surface area contributed by atoms with Crippen LogP contribution in [0.1, 0.15) is 82.5 Å². The van der Waals surface area contributed by atoms with Gasteiger partial charge in [-0.3, -0.25) is 4.79 Å². The molecule has 0 aromatic heterocycles. The van der Waals surface area contributed by atoms with E-state index in [4.69, 9.17) is 0 Å². The van der Waals surface area contributed by atoms with Gasteiger partial charge < -0.3 is 15.5 Å². The van der Waals surface area contributed by atoms with E-state index in [1.54, 1.807) is 11.8 Å². The van der Waals surface area contributed by atoms with Crippen LogP contribution in [0.4, 0.5) is 5.69 Å². The molecule has 1 aromatic rings. The normalized spacial score (nSPS) is 12.6. The highest BCUT2D eigenvalue weighted by Crippen LogP contribution is 2.35. The van der Waals surface area contributed by atoms with Gasteiger partial charge in [-0.2, -0.15) is 0 Å². The predicted molar refractivity (Wildman–Crippen MR) is 159 cm³/mol. The second kappa shape index (κ2) is 19.2. The average Bonchev–Trinajstić information content (AvgIpc) is 2.89. The number of hydrogen-bond acceptors (Lipinski definition) is 4. The van der Waals surface area contributed by atoms with Crippen molar-refractivity contribution >= 4 is 29.3 Å². The summed E-state index contributed by atoms with van der Waals surface area (Å²) in [6.45, 7) is 6.13. The summed E-state index contributed by atoms with van der Waals surface area (Å²) in [6, 6.07) is 4.08. The molecule has 0 heterocycles. The largest absolute Gasteiger partial charge is 0.507 e. The van der Waals surface area contributed by atoms with Crippen LogP contribution in [0.25, 0.3) is 0 Å². The number of aromatic carboxylic acids is 1. The molecule has 0 fully saturated rings. The number of benzene rings is 1. The first-order valence-corrected chi connectivity index (χ1v) is 14.1. The van der Waals surface area contributed by atoms with Crippen molar-refractivity contribution in [3.8, 4) is 5.75 Å². The Morgan fingerprint density at radius 2 is 1.35 bits per heavy atom. The van der Waals surface area contributed by atoms with Crippen LogP contribution in [0.5, 0.6) is 5.75 Å². The Morgan fingerprint density at radius 1 is 0.838 bits per heavy atom. The fourth-order valence-corrected chi connectivity index (χ4v) is 4.80. The van der Waals surface area contributed by atoms with Crippen LogP contribution < -0.4 is 5.32 Å². The zero-order valence-corrected chi connectivity index (χ0v) is 23.3. The molecule has 0 atom stereocenters. The van der Waals surface area contributed by atoms with Gasteiger partial charge >= 0.3 is 5.97 Å². The molecule has 1 aromatic carbocycles. The number of aromatic hydroxyl groups is 1. The van der Waals surface area contributed by atoms with Crippen LogP contribution in [0, 0.1) is 0 Å². The number of amides is 1. The molecule has 3 N–H and O–H groups in total. The Balaban J connectivity index is 2.40. The van der Waals surface area contributed by atoms with Crippen molar-refractivity contribution in [2.75, 3.05) is 11.1 Å². The SMILES string of the molecule is CC/C=C\C/C=C\C/C=C\C/C=C\C/C=C\CCSC(CC)(CC)C(=O)Nc1ccc(O)c(C(=O)O)c1. The molecule has 37 heavy (non-hydrogen) atoms. The van der Waals surface area contributed by atoms with E-state index >= 15 is 0 Å². The molecule has 0 saturated carbocycles. The smallest absolute Gasteiger partial charge is 0.339 e. The monoisotopic (exact) mass is 525 g/mol. The molecule has 0 aliphatic carbocycles. The number of rotatable bonds is 18. The van der Waals surface area contributed by atoms with Crippen LogP contribution >= 0.6 is 11.8 Å². The number of allylic oxidation sites excluding steroid dienone is 10. The van der Waals surface area contributed by atoms with Crippen LogP contribution in [-0.2, 0) is 4.79 Å². The number of hydrogen-bond donors (Lipinski definition) is 3. The highest BCUT2D eigenvalue weighted by molar-refractivity contribution is 8.01. The Morgan fingerprint density at radius 3 is 1.84 bits per heavy atom. The van der Waals surface area contributed by atoms with E-state index in [-0.39, 0.29) is 17.2 Å². The van der Waals surface area contributed by atoms with Gasteiger partial charge in [0.05, 0.1) is 4.75 Å². The number of anilines is 1. The van der Waals surface area contributed by atoms with Gasteiger partial charge in [-0.25, -0.2) is 4.79 Å². The van der Waals surface area contributed by atoms with Gasteiger partial charge in [0.25, 0.3) is 0 Å². The minimum Gasteiger partial charge on any atom is -0.507 e. The molecule has 202 valence electrons. The molecule has 0 saturated heterocycles. The summed E-state index contributed by atoms with van der Waals surface area (Å²) in [5.74, 6) is -0.893. The summed E-state index contributed by atoms with van der Waals surface area (Å²) in [5.41, 5.74) is 0.132. The molecule has 0 aliphatic heterocycles. The van der Waals surface area contributed by atoms with Crippen molar-refractivity contribution in [2.45, 2.75) is 76.9 Å². The van der Waals surface area contributed by atoms with Gasteiger partial charge in [0.15, 0.2) is 0 Å². The Hall–Kier alpha value is -2.99. The van der Waals surface area contributed by atoms with E-state index in [2.05, 4.69) is 73.0 Å². The van der Waals surface area contributed by atoms with Crippen molar-refractivity contribution in [3.05, 3.63) is 84.5 Å². The highest BCUT2D eigenvalue weighted by atomic mass is 32.2. The van der Waals surface area contributed by atoms with Crippen molar-refractivity contribution in [1.29, 1.82) is 0 Å². The van der Waals surface area contributed by atoms with Gasteiger partial charge in [-0.1, -0.05) is 81.5 Å². The molecule has 0 unspecified atom stereocenters. The topological polar surface area (TPSA) is 86.6 Å². The molecule has 5 nitrogen and oxygen atoms in total. The lowest BCUT2D eigenvalue weighted by molar-refractivity contribution is -0.118. The number of nitrogens with one attached hydrogen (secondary N) is 1. The van der Waals surface area contributed by atoms with Crippen LogP contribution in [0.15, 0.2) is 79.0 Å². The molecule has 6 heteroatoms. The second-order valence-corrected chi connectivity index (χ2v) is 10.0.